The Balaban J connectivity index is 2.53. The summed E-state index contributed by atoms with van der Waals surface area (Å²) in [6.07, 6.45) is 2.50. The first-order valence-corrected chi connectivity index (χ1v) is 4.86. The van der Waals surface area contributed by atoms with Crippen molar-refractivity contribution >= 4 is 10.9 Å². The van der Waals surface area contributed by atoms with Crippen molar-refractivity contribution < 1.29 is 9.50 Å². The van der Waals surface area contributed by atoms with Crippen LogP contribution in [-0.2, 0) is 6.42 Å². The van der Waals surface area contributed by atoms with E-state index in [9.17, 15) is 9.50 Å². The first-order valence-electron chi connectivity index (χ1n) is 4.86. The third-order valence-electron chi connectivity index (χ3n) is 2.49. The normalized spacial score (nSPS) is 11.1. The van der Waals surface area contributed by atoms with E-state index >= 15 is 0 Å². The maximum absolute atomic E-state index is 13.3. The number of rotatable bonds is 3. The maximum atomic E-state index is 13.3. The highest BCUT2D eigenvalue weighted by Crippen LogP contribution is 2.29. The topological polar surface area (TPSA) is 48.0 Å². The van der Waals surface area contributed by atoms with Gasteiger partial charge in [-0.3, -0.25) is 0 Å². The molecule has 0 bridgehead atoms. The number of halogens is 1. The fourth-order valence-electron chi connectivity index (χ4n) is 1.72. The Labute approximate surface area is 86.9 Å². The highest BCUT2D eigenvalue weighted by Gasteiger charge is 2.11. The molecule has 15 heavy (non-hydrogen) atoms. The number of hydrogen-bond acceptors (Lipinski definition) is 2. The van der Waals surface area contributed by atoms with Gasteiger partial charge in [-0.1, -0.05) is 0 Å². The molecule has 2 aromatic rings. The van der Waals surface area contributed by atoms with Crippen LogP contribution in [-0.4, -0.2) is 23.7 Å². The van der Waals surface area contributed by atoms with Gasteiger partial charge in [0.15, 0.2) is 0 Å². The quantitative estimate of drug-likeness (QED) is 0.720. The maximum Gasteiger partial charge on any atom is 0.147 e. The number of aromatic hydroxyl groups is 1. The number of phenolic OH excluding ortho intramolecular Hbond substituents is 1. The molecule has 0 aliphatic rings. The van der Waals surface area contributed by atoms with Crippen LogP contribution in [0.5, 0.6) is 5.75 Å². The van der Waals surface area contributed by atoms with Crippen molar-refractivity contribution in [3.63, 3.8) is 0 Å². The Bertz CT molecular complexity index is 479. The Morgan fingerprint density at radius 1 is 1.47 bits per heavy atom. The molecular weight excluding hydrogens is 195 g/mol. The number of aromatic amines is 1. The van der Waals surface area contributed by atoms with Crippen molar-refractivity contribution in [1.29, 1.82) is 0 Å². The van der Waals surface area contributed by atoms with Crippen LogP contribution < -0.4 is 5.32 Å². The number of benzene rings is 1. The van der Waals surface area contributed by atoms with Crippen molar-refractivity contribution in [3.8, 4) is 5.75 Å². The van der Waals surface area contributed by atoms with Crippen molar-refractivity contribution in [2.45, 2.75) is 6.42 Å². The molecule has 0 fully saturated rings. The van der Waals surface area contributed by atoms with E-state index in [4.69, 9.17) is 0 Å². The Kier molecular flexibility index (Phi) is 2.60. The molecule has 3 N–H and O–H groups in total. The largest absolute Gasteiger partial charge is 0.507 e. The van der Waals surface area contributed by atoms with E-state index in [1.165, 1.54) is 12.1 Å². The zero-order valence-corrected chi connectivity index (χ0v) is 8.47. The molecule has 0 spiro atoms. The number of aromatic nitrogens is 1. The molecule has 3 nitrogen and oxygen atoms in total. The molecule has 1 aromatic carbocycles. The fraction of sp³-hybridized carbons (Fsp3) is 0.273. The standard InChI is InChI=1S/C11H13FN2O/c1-13-5-4-7-6-14-11-8(12)2-3-9(15)10(7)11/h2-3,6,13-15H,4-5H2,1H3. The number of fused-ring (bicyclic) bond motifs is 1. The Hall–Kier alpha value is -1.55. The van der Waals surface area contributed by atoms with Crippen LogP contribution in [0.25, 0.3) is 10.9 Å². The van der Waals surface area contributed by atoms with Gasteiger partial charge in [-0.2, -0.15) is 0 Å². The average molecular weight is 208 g/mol. The van der Waals surface area contributed by atoms with Crippen LogP contribution >= 0.6 is 0 Å². The van der Waals surface area contributed by atoms with Gasteiger partial charge in [0.05, 0.1) is 5.52 Å². The number of hydrogen-bond donors (Lipinski definition) is 3. The average Bonchev–Trinajstić information content (AvgIpc) is 2.65. The van der Waals surface area contributed by atoms with E-state index in [0.717, 1.165) is 18.5 Å². The number of likely N-dealkylation sites (N-methyl/N-ethyl adjacent to an activating group) is 1. The van der Waals surface area contributed by atoms with Crippen LogP contribution in [0.15, 0.2) is 18.3 Å². The zero-order chi connectivity index (χ0) is 10.8. The Morgan fingerprint density at radius 3 is 3.00 bits per heavy atom. The predicted octanol–water partition coefficient (Wildman–Crippen LogP) is 1.77. The first kappa shape index (κ1) is 9.98. The van der Waals surface area contributed by atoms with E-state index in [-0.39, 0.29) is 11.6 Å². The SMILES string of the molecule is CNCCc1c[nH]c2c(F)ccc(O)c12. The lowest BCUT2D eigenvalue weighted by atomic mass is 10.1. The highest BCUT2D eigenvalue weighted by atomic mass is 19.1. The molecule has 0 amide bonds. The smallest absolute Gasteiger partial charge is 0.147 e. The van der Waals surface area contributed by atoms with Gasteiger partial charge < -0.3 is 15.4 Å². The van der Waals surface area contributed by atoms with Crippen LogP contribution in [0.1, 0.15) is 5.56 Å². The summed E-state index contributed by atoms with van der Waals surface area (Å²) < 4.78 is 13.3. The minimum absolute atomic E-state index is 0.124. The van der Waals surface area contributed by atoms with Gasteiger partial charge >= 0.3 is 0 Å². The molecule has 80 valence electrons. The molecule has 0 saturated heterocycles. The molecule has 0 atom stereocenters. The van der Waals surface area contributed by atoms with Crippen LogP contribution in [0, 0.1) is 5.82 Å². The molecule has 4 heteroatoms. The molecule has 0 saturated carbocycles. The van der Waals surface area contributed by atoms with Crippen LogP contribution in [0.4, 0.5) is 4.39 Å². The molecular formula is C11H13FN2O. The number of H-pyrrole nitrogens is 1. The minimum Gasteiger partial charge on any atom is -0.507 e. The molecule has 1 aromatic heterocycles. The summed E-state index contributed by atoms with van der Waals surface area (Å²) in [5, 5.41) is 13.3. The minimum atomic E-state index is -0.335. The van der Waals surface area contributed by atoms with Gasteiger partial charge in [0.25, 0.3) is 0 Å². The van der Waals surface area contributed by atoms with Crippen molar-refractivity contribution in [3.05, 3.63) is 29.7 Å². The summed E-state index contributed by atoms with van der Waals surface area (Å²) in [5.41, 5.74) is 1.30. The van der Waals surface area contributed by atoms with E-state index in [1.54, 1.807) is 6.20 Å². The summed E-state index contributed by atoms with van der Waals surface area (Å²) in [6, 6.07) is 2.64. The number of nitrogens with one attached hydrogen (secondary N) is 2. The summed E-state index contributed by atoms with van der Waals surface area (Å²) in [5.74, 6) is -0.211. The van der Waals surface area contributed by atoms with E-state index in [2.05, 4.69) is 10.3 Å². The lowest BCUT2D eigenvalue weighted by molar-refractivity contribution is 0.480. The van der Waals surface area contributed by atoms with Crippen LogP contribution in [0.2, 0.25) is 0 Å². The second-order valence-electron chi connectivity index (χ2n) is 3.48. The van der Waals surface area contributed by atoms with Crippen LogP contribution in [0.3, 0.4) is 0 Å². The lowest BCUT2D eigenvalue weighted by Crippen LogP contribution is -2.09. The van der Waals surface area contributed by atoms with E-state index in [1.807, 2.05) is 7.05 Å². The summed E-state index contributed by atoms with van der Waals surface area (Å²) in [7, 11) is 1.86. The second-order valence-corrected chi connectivity index (χ2v) is 3.48. The third-order valence-corrected chi connectivity index (χ3v) is 2.49. The summed E-state index contributed by atoms with van der Waals surface area (Å²) in [6.45, 7) is 0.795. The predicted molar refractivity (Wildman–Crippen MR) is 57.6 cm³/mol. The third kappa shape index (κ3) is 1.68. The van der Waals surface area contributed by atoms with Gasteiger partial charge in [0.2, 0.25) is 0 Å². The highest BCUT2D eigenvalue weighted by molar-refractivity contribution is 5.89. The first-order chi connectivity index (χ1) is 7.24. The monoisotopic (exact) mass is 208 g/mol. The molecule has 0 unspecified atom stereocenters. The molecule has 0 radical (unpaired) electrons. The molecule has 1 heterocycles. The molecule has 0 aliphatic heterocycles. The van der Waals surface area contributed by atoms with Gasteiger partial charge in [0.1, 0.15) is 11.6 Å². The van der Waals surface area contributed by atoms with E-state index in [0.29, 0.717) is 10.9 Å². The van der Waals surface area contributed by atoms with Gasteiger partial charge in [-0.05, 0) is 37.7 Å². The molecule has 2 rings (SSSR count). The second kappa shape index (κ2) is 3.90. The Morgan fingerprint density at radius 2 is 2.27 bits per heavy atom. The number of phenols is 1. The van der Waals surface area contributed by atoms with Gasteiger partial charge in [-0.15, -0.1) is 0 Å². The summed E-state index contributed by atoms with van der Waals surface area (Å²) in [4.78, 5) is 2.84. The fourth-order valence-corrected chi connectivity index (χ4v) is 1.72. The van der Waals surface area contributed by atoms with Crippen molar-refractivity contribution in [1.82, 2.24) is 10.3 Å². The molecule has 0 aliphatic carbocycles. The van der Waals surface area contributed by atoms with Gasteiger partial charge in [0, 0.05) is 11.6 Å². The van der Waals surface area contributed by atoms with E-state index < -0.39 is 0 Å². The van der Waals surface area contributed by atoms with Crippen molar-refractivity contribution in [2.24, 2.45) is 0 Å². The lowest BCUT2D eigenvalue weighted by Gasteiger charge is -2.01. The van der Waals surface area contributed by atoms with Gasteiger partial charge in [-0.25, -0.2) is 4.39 Å². The summed E-state index contributed by atoms with van der Waals surface area (Å²) >= 11 is 0. The van der Waals surface area contributed by atoms with Crippen molar-refractivity contribution in [2.75, 3.05) is 13.6 Å². The zero-order valence-electron chi connectivity index (χ0n) is 8.47.